The average Bonchev–Trinajstić information content (AvgIpc) is 2.40. The van der Waals surface area contributed by atoms with Gasteiger partial charge < -0.3 is 10.2 Å². The number of rotatable bonds is 3. The standard InChI is InChI=1S/C14H22N4O/c1-10-11(2)16-9-17-14(10)18-6-4-13(5-7-18)8-15-12(3)19/h9,13H,4-8H2,1-3H3,(H,15,19). The number of hydrogen-bond acceptors (Lipinski definition) is 4. The normalized spacial score (nSPS) is 16.5. The van der Waals surface area contributed by atoms with Gasteiger partial charge in [0.05, 0.1) is 0 Å². The average molecular weight is 262 g/mol. The van der Waals surface area contributed by atoms with Gasteiger partial charge in [-0.3, -0.25) is 4.79 Å². The minimum Gasteiger partial charge on any atom is -0.356 e. The first-order chi connectivity index (χ1) is 9.08. The van der Waals surface area contributed by atoms with E-state index in [1.807, 2.05) is 6.92 Å². The summed E-state index contributed by atoms with van der Waals surface area (Å²) in [7, 11) is 0. The number of nitrogens with zero attached hydrogens (tertiary/aromatic N) is 3. The van der Waals surface area contributed by atoms with Crippen molar-refractivity contribution in [2.24, 2.45) is 5.92 Å². The van der Waals surface area contributed by atoms with Gasteiger partial charge in [-0.15, -0.1) is 0 Å². The van der Waals surface area contributed by atoms with Crippen LogP contribution in [0.2, 0.25) is 0 Å². The first-order valence-electron chi connectivity index (χ1n) is 6.85. The lowest BCUT2D eigenvalue weighted by atomic mass is 9.96. The van der Waals surface area contributed by atoms with E-state index in [0.29, 0.717) is 5.92 Å². The van der Waals surface area contributed by atoms with Gasteiger partial charge in [-0.1, -0.05) is 0 Å². The van der Waals surface area contributed by atoms with E-state index in [1.54, 1.807) is 13.3 Å². The molecular formula is C14H22N4O. The minimum absolute atomic E-state index is 0.0599. The smallest absolute Gasteiger partial charge is 0.216 e. The summed E-state index contributed by atoms with van der Waals surface area (Å²) in [5.41, 5.74) is 2.22. The van der Waals surface area contributed by atoms with Crippen molar-refractivity contribution in [2.75, 3.05) is 24.5 Å². The number of carbonyl (C=O) groups excluding carboxylic acids is 1. The summed E-state index contributed by atoms with van der Waals surface area (Å²) in [4.78, 5) is 21.9. The van der Waals surface area contributed by atoms with Gasteiger partial charge in [0.1, 0.15) is 12.1 Å². The van der Waals surface area contributed by atoms with Crippen molar-refractivity contribution in [3.05, 3.63) is 17.6 Å². The predicted molar refractivity (Wildman–Crippen MR) is 75.1 cm³/mol. The van der Waals surface area contributed by atoms with Crippen LogP contribution < -0.4 is 10.2 Å². The summed E-state index contributed by atoms with van der Waals surface area (Å²) in [5.74, 6) is 1.71. The van der Waals surface area contributed by atoms with Crippen molar-refractivity contribution in [1.82, 2.24) is 15.3 Å². The number of aromatic nitrogens is 2. The molecule has 1 amide bonds. The summed E-state index contributed by atoms with van der Waals surface area (Å²) < 4.78 is 0. The molecule has 19 heavy (non-hydrogen) atoms. The van der Waals surface area contributed by atoms with E-state index in [1.165, 1.54) is 5.56 Å². The minimum atomic E-state index is 0.0599. The highest BCUT2D eigenvalue weighted by Gasteiger charge is 2.21. The fourth-order valence-corrected chi connectivity index (χ4v) is 2.48. The Balaban J connectivity index is 1.92. The third-order valence-electron chi connectivity index (χ3n) is 3.86. The van der Waals surface area contributed by atoms with Gasteiger partial charge in [0.2, 0.25) is 5.91 Å². The van der Waals surface area contributed by atoms with Crippen LogP contribution in [0.1, 0.15) is 31.0 Å². The van der Waals surface area contributed by atoms with Gasteiger partial charge in [0, 0.05) is 37.8 Å². The molecular weight excluding hydrogens is 240 g/mol. The number of aryl methyl sites for hydroxylation is 1. The zero-order valence-electron chi connectivity index (χ0n) is 11.9. The van der Waals surface area contributed by atoms with Crippen molar-refractivity contribution < 1.29 is 4.79 Å². The van der Waals surface area contributed by atoms with E-state index in [9.17, 15) is 4.79 Å². The molecule has 0 bridgehead atoms. The van der Waals surface area contributed by atoms with Crippen LogP contribution >= 0.6 is 0 Å². The zero-order valence-corrected chi connectivity index (χ0v) is 11.9. The maximum Gasteiger partial charge on any atom is 0.216 e. The Morgan fingerprint density at radius 3 is 2.68 bits per heavy atom. The SMILES string of the molecule is CC(=O)NCC1CCN(c2ncnc(C)c2C)CC1. The van der Waals surface area contributed by atoms with Gasteiger partial charge >= 0.3 is 0 Å². The molecule has 1 fully saturated rings. The Morgan fingerprint density at radius 2 is 2.05 bits per heavy atom. The van der Waals surface area contributed by atoms with Crippen LogP contribution in [0.4, 0.5) is 5.82 Å². The largest absolute Gasteiger partial charge is 0.356 e. The van der Waals surface area contributed by atoms with E-state index in [0.717, 1.165) is 44.0 Å². The van der Waals surface area contributed by atoms with Crippen LogP contribution in [0.25, 0.3) is 0 Å². The lowest BCUT2D eigenvalue weighted by Gasteiger charge is -2.33. The molecule has 1 N–H and O–H groups in total. The Labute approximate surface area is 114 Å². The highest BCUT2D eigenvalue weighted by atomic mass is 16.1. The molecule has 1 aliphatic heterocycles. The third kappa shape index (κ3) is 3.43. The van der Waals surface area contributed by atoms with Crippen LogP contribution in [0.3, 0.4) is 0 Å². The van der Waals surface area contributed by atoms with Crippen LogP contribution in [0.15, 0.2) is 6.33 Å². The van der Waals surface area contributed by atoms with E-state index in [2.05, 4.69) is 27.1 Å². The van der Waals surface area contributed by atoms with Gasteiger partial charge in [0.25, 0.3) is 0 Å². The van der Waals surface area contributed by atoms with E-state index < -0.39 is 0 Å². The quantitative estimate of drug-likeness (QED) is 0.895. The second-order valence-electron chi connectivity index (χ2n) is 5.28. The number of carbonyl (C=O) groups is 1. The summed E-state index contributed by atoms with van der Waals surface area (Å²) in [5, 5.41) is 2.91. The Hall–Kier alpha value is -1.65. The van der Waals surface area contributed by atoms with Crippen LogP contribution in [0, 0.1) is 19.8 Å². The number of piperidine rings is 1. The Kier molecular flexibility index (Phi) is 4.35. The van der Waals surface area contributed by atoms with Crippen molar-refractivity contribution in [3.63, 3.8) is 0 Å². The molecule has 2 heterocycles. The van der Waals surface area contributed by atoms with E-state index in [4.69, 9.17) is 0 Å². The molecule has 0 spiro atoms. The lowest BCUT2D eigenvalue weighted by Crippen LogP contribution is -2.39. The maximum atomic E-state index is 10.9. The second-order valence-corrected chi connectivity index (χ2v) is 5.28. The molecule has 0 saturated carbocycles. The first kappa shape index (κ1) is 13.8. The molecule has 0 atom stereocenters. The monoisotopic (exact) mass is 262 g/mol. The summed E-state index contributed by atoms with van der Waals surface area (Å²) in [6, 6.07) is 0. The lowest BCUT2D eigenvalue weighted by molar-refractivity contribution is -0.119. The van der Waals surface area contributed by atoms with Gasteiger partial charge in [0.15, 0.2) is 0 Å². The molecule has 0 aliphatic carbocycles. The number of hydrogen-bond donors (Lipinski definition) is 1. The van der Waals surface area contributed by atoms with Crippen LogP contribution in [-0.2, 0) is 4.79 Å². The molecule has 1 aliphatic rings. The molecule has 2 rings (SSSR count). The second kappa shape index (κ2) is 5.99. The fourth-order valence-electron chi connectivity index (χ4n) is 2.48. The summed E-state index contributed by atoms with van der Waals surface area (Å²) >= 11 is 0. The molecule has 5 heteroatoms. The summed E-state index contributed by atoms with van der Waals surface area (Å²) in [6.45, 7) is 8.47. The van der Waals surface area contributed by atoms with Crippen LogP contribution in [0.5, 0.6) is 0 Å². The molecule has 1 aromatic heterocycles. The molecule has 0 radical (unpaired) electrons. The number of amides is 1. The van der Waals surface area contributed by atoms with Crippen molar-refractivity contribution in [2.45, 2.75) is 33.6 Å². The molecule has 1 aromatic rings. The third-order valence-corrected chi connectivity index (χ3v) is 3.86. The summed E-state index contributed by atoms with van der Waals surface area (Å²) in [6.07, 6.45) is 3.84. The highest BCUT2D eigenvalue weighted by molar-refractivity contribution is 5.72. The number of nitrogens with one attached hydrogen (secondary N) is 1. The Morgan fingerprint density at radius 1 is 1.37 bits per heavy atom. The van der Waals surface area contributed by atoms with E-state index >= 15 is 0 Å². The van der Waals surface area contributed by atoms with Crippen molar-refractivity contribution >= 4 is 11.7 Å². The molecule has 0 aromatic carbocycles. The molecule has 0 unspecified atom stereocenters. The van der Waals surface area contributed by atoms with E-state index in [-0.39, 0.29) is 5.91 Å². The topological polar surface area (TPSA) is 58.1 Å². The van der Waals surface area contributed by atoms with Gasteiger partial charge in [-0.25, -0.2) is 9.97 Å². The van der Waals surface area contributed by atoms with Crippen molar-refractivity contribution in [1.29, 1.82) is 0 Å². The highest BCUT2D eigenvalue weighted by Crippen LogP contribution is 2.24. The molecule has 5 nitrogen and oxygen atoms in total. The molecule has 104 valence electrons. The predicted octanol–water partition coefficient (Wildman–Crippen LogP) is 1.45. The Bertz CT molecular complexity index is 453. The van der Waals surface area contributed by atoms with Gasteiger partial charge in [-0.05, 0) is 32.6 Å². The first-order valence-corrected chi connectivity index (χ1v) is 6.85. The number of anilines is 1. The molecule has 1 saturated heterocycles. The van der Waals surface area contributed by atoms with Crippen molar-refractivity contribution in [3.8, 4) is 0 Å². The zero-order chi connectivity index (χ0) is 13.8. The fraction of sp³-hybridized carbons (Fsp3) is 0.643. The van der Waals surface area contributed by atoms with Crippen LogP contribution in [-0.4, -0.2) is 35.5 Å². The van der Waals surface area contributed by atoms with Gasteiger partial charge in [-0.2, -0.15) is 0 Å². The maximum absolute atomic E-state index is 10.9.